The zero-order valence-electron chi connectivity index (χ0n) is 9.54. The van der Waals surface area contributed by atoms with Gasteiger partial charge in [-0.25, -0.2) is 0 Å². The number of hydrogen-bond acceptors (Lipinski definition) is 7. The molecule has 0 amide bonds. The Balaban J connectivity index is 1.84. The zero-order chi connectivity index (χ0) is 13.0. The molecule has 2 heterocycles. The van der Waals surface area contributed by atoms with E-state index in [0.29, 0.717) is 9.47 Å². The van der Waals surface area contributed by atoms with E-state index >= 15 is 0 Å². The molecule has 0 fully saturated rings. The standard InChI is InChI=1S/C10H11N3O2S3/c1-6-2-3-7(17-6)4-11-9-12-13-10(18-9)16-5-8(14)15/h2-3H,4-5H2,1H3,(H,11,12)(H,14,15). The van der Waals surface area contributed by atoms with Crippen LogP contribution in [-0.4, -0.2) is 27.0 Å². The van der Waals surface area contributed by atoms with Gasteiger partial charge in [0.1, 0.15) is 0 Å². The van der Waals surface area contributed by atoms with Crippen LogP contribution in [0.4, 0.5) is 5.13 Å². The van der Waals surface area contributed by atoms with Crippen molar-refractivity contribution in [1.29, 1.82) is 0 Å². The van der Waals surface area contributed by atoms with Gasteiger partial charge in [-0.05, 0) is 19.1 Å². The molecule has 0 radical (unpaired) electrons. The van der Waals surface area contributed by atoms with Crippen LogP contribution in [0.2, 0.25) is 0 Å². The number of hydrogen-bond donors (Lipinski definition) is 2. The summed E-state index contributed by atoms with van der Waals surface area (Å²) in [6.45, 7) is 2.79. The highest BCUT2D eigenvalue weighted by Crippen LogP contribution is 2.26. The Morgan fingerprint density at radius 1 is 1.44 bits per heavy atom. The van der Waals surface area contributed by atoms with Crippen LogP contribution in [0.3, 0.4) is 0 Å². The van der Waals surface area contributed by atoms with Crippen molar-refractivity contribution in [3.05, 3.63) is 21.9 Å². The molecule has 2 aromatic rings. The molecule has 0 unspecified atom stereocenters. The van der Waals surface area contributed by atoms with Crippen LogP contribution in [0.5, 0.6) is 0 Å². The van der Waals surface area contributed by atoms with Gasteiger partial charge in [0.25, 0.3) is 0 Å². The van der Waals surface area contributed by atoms with Gasteiger partial charge in [0, 0.05) is 9.75 Å². The average molecular weight is 301 g/mol. The Bertz CT molecular complexity index is 538. The van der Waals surface area contributed by atoms with Crippen molar-refractivity contribution in [3.8, 4) is 0 Å². The molecule has 0 atom stereocenters. The van der Waals surface area contributed by atoms with E-state index in [9.17, 15) is 4.79 Å². The van der Waals surface area contributed by atoms with E-state index in [-0.39, 0.29) is 5.75 Å². The van der Waals surface area contributed by atoms with Crippen molar-refractivity contribution in [3.63, 3.8) is 0 Å². The Morgan fingerprint density at radius 2 is 2.28 bits per heavy atom. The third kappa shape index (κ3) is 3.97. The van der Waals surface area contributed by atoms with E-state index < -0.39 is 5.97 Å². The maximum absolute atomic E-state index is 10.4. The Kier molecular flexibility index (Phi) is 4.56. The summed E-state index contributed by atoms with van der Waals surface area (Å²) >= 11 is 4.29. The number of carboxylic acid groups (broad SMARTS) is 1. The summed E-state index contributed by atoms with van der Waals surface area (Å²) in [5, 5.41) is 20.3. The predicted octanol–water partition coefficient (Wildman–Crippen LogP) is 2.70. The molecule has 96 valence electrons. The van der Waals surface area contributed by atoms with Crippen molar-refractivity contribution in [1.82, 2.24) is 10.2 Å². The number of rotatable bonds is 6. The topological polar surface area (TPSA) is 75.1 Å². The van der Waals surface area contributed by atoms with Gasteiger partial charge in [-0.3, -0.25) is 4.79 Å². The number of carbonyl (C=O) groups is 1. The van der Waals surface area contributed by atoms with E-state index in [2.05, 4.69) is 34.6 Å². The average Bonchev–Trinajstić information content (AvgIpc) is 2.93. The first kappa shape index (κ1) is 13.3. The molecule has 18 heavy (non-hydrogen) atoms. The van der Waals surface area contributed by atoms with Gasteiger partial charge in [0.2, 0.25) is 5.13 Å². The number of anilines is 1. The monoisotopic (exact) mass is 301 g/mol. The number of thiophene rings is 1. The summed E-state index contributed by atoms with van der Waals surface area (Å²) < 4.78 is 0.669. The molecule has 0 spiro atoms. The van der Waals surface area contributed by atoms with Gasteiger partial charge >= 0.3 is 5.97 Å². The van der Waals surface area contributed by atoms with Crippen LogP contribution in [0, 0.1) is 6.92 Å². The molecule has 8 heteroatoms. The predicted molar refractivity (Wildman–Crippen MR) is 74.7 cm³/mol. The normalized spacial score (nSPS) is 10.5. The summed E-state index contributed by atoms with van der Waals surface area (Å²) in [6.07, 6.45) is 0. The number of thioether (sulfide) groups is 1. The zero-order valence-corrected chi connectivity index (χ0v) is 12.0. The molecule has 0 bridgehead atoms. The molecule has 2 N–H and O–H groups in total. The minimum absolute atomic E-state index is 0.0127. The van der Waals surface area contributed by atoms with Gasteiger partial charge in [-0.1, -0.05) is 23.1 Å². The quantitative estimate of drug-likeness (QED) is 0.799. The fourth-order valence-electron chi connectivity index (χ4n) is 1.21. The van der Waals surface area contributed by atoms with Crippen molar-refractivity contribution in [2.45, 2.75) is 17.8 Å². The lowest BCUT2D eigenvalue weighted by atomic mass is 10.4. The third-order valence-corrected chi connectivity index (χ3v) is 4.94. The lowest BCUT2D eigenvalue weighted by molar-refractivity contribution is -0.133. The van der Waals surface area contributed by atoms with Crippen molar-refractivity contribution in [2.75, 3.05) is 11.1 Å². The Labute approximate surface area is 116 Å². The number of nitrogens with one attached hydrogen (secondary N) is 1. The molecule has 2 aromatic heterocycles. The van der Waals surface area contributed by atoms with Crippen LogP contribution >= 0.6 is 34.4 Å². The van der Waals surface area contributed by atoms with E-state index in [4.69, 9.17) is 5.11 Å². The van der Waals surface area contributed by atoms with Crippen LogP contribution in [0.1, 0.15) is 9.75 Å². The summed E-state index contributed by atoms with van der Waals surface area (Å²) in [5.74, 6) is -0.836. The molecular weight excluding hydrogens is 290 g/mol. The van der Waals surface area contributed by atoms with Gasteiger partial charge in [-0.2, -0.15) is 0 Å². The number of nitrogens with zero attached hydrogens (tertiary/aromatic N) is 2. The number of aliphatic carboxylic acids is 1. The first-order valence-corrected chi connectivity index (χ1v) is 7.72. The summed E-state index contributed by atoms with van der Waals surface area (Å²) in [6, 6.07) is 4.16. The third-order valence-electron chi connectivity index (χ3n) is 1.94. The SMILES string of the molecule is Cc1ccc(CNc2nnc(SCC(=O)O)s2)s1. The molecule has 0 aromatic carbocycles. The fourth-order valence-corrected chi connectivity index (χ4v) is 3.50. The molecule has 0 saturated heterocycles. The first-order chi connectivity index (χ1) is 8.63. The second-order valence-electron chi connectivity index (χ2n) is 3.42. The summed E-state index contributed by atoms with van der Waals surface area (Å²) in [5.41, 5.74) is 0. The Morgan fingerprint density at radius 3 is 2.94 bits per heavy atom. The highest BCUT2D eigenvalue weighted by atomic mass is 32.2. The van der Waals surface area contributed by atoms with E-state index in [1.165, 1.54) is 32.9 Å². The van der Waals surface area contributed by atoms with Gasteiger partial charge < -0.3 is 10.4 Å². The molecule has 0 aliphatic carbocycles. The highest BCUT2D eigenvalue weighted by molar-refractivity contribution is 8.01. The van der Waals surface area contributed by atoms with Gasteiger partial charge in [-0.15, -0.1) is 21.5 Å². The summed E-state index contributed by atoms with van der Waals surface area (Å²) in [7, 11) is 0. The van der Waals surface area contributed by atoms with Crippen LogP contribution in [-0.2, 0) is 11.3 Å². The highest BCUT2D eigenvalue weighted by Gasteiger charge is 2.07. The molecule has 5 nitrogen and oxygen atoms in total. The smallest absolute Gasteiger partial charge is 0.313 e. The van der Waals surface area contributed by atoms with Crippen LogP contribution in [0.15, 0.2) is 16.5 Å². The number of aromatic nitrogens is 2. The largest absolute Gasteiger partial charge is 0.481 e. The second kappa shape index (κ2) is 6.17. The molecule has 0 saturated carbocycles. The molecule has 0 aliphatic heterocycles. The van der Waals surface area contributed by atoms with Gasteiger partial charge in [0.05, 0.1) is 12.3 Å². The first-order valence-electron chi connectivity index (χ1n) is 5.11. The Hall–Kier alpha value is -1.12. The maximum atomic E-state index is 10.4. The number of carboxylic acids is 1. The maximum Gasteiger partial charge on any atom is 0.313 e. The fraction of sp³-hybridized carbons (Fsp3) is 0.300. The minimum Gasteiger partial charge on any atom is -0.481 e. The lowest BCUT2D eigenvalue weighted by Gasteiger charge is -1.97. The van der Waals surface area contributed by atoms with E-state index in [1.54, 1.807) is 11.3 Å². The molecule has 2 rings (SSSR count). The van der Waals surface area contributed by atoms with Crippen molar-refractivity contribution < 1.29 is 9.90 Å². The van der Waals surface area contributed by atoms with E-state index in [0.717, 1.165) is 6.54 Å². The van der Waals surface area contributed by atoms with Gasteiger partial charge in [0.15, 0.2) is 4.34 Å². The number of aryl methyl sites for hydroxylation is 1. The minimum atomic E-state index is -0.848. The van der Waals surface area contributed by atoms with Crippen LogP contribution in [0.25, 0.3) is 0 Å². The second-order valence-corrected chi connectivity index (χ2v) is 6.99. The lowest BCUT2D eigenvalue weighted by Crippen LogP contribution is -1.96. The molecule has 0 aliphatic rings. The van der Waals surface area contributed by atoms with E-state index in [1.807, 2.05) is 0 Å². The van der Waals surface area contributed by atoms with Crippen molar-refractivity contribution >= 4 is 45.5 Å². The van der Waals surface area contributed by atoms with Crippen LogP contribution < -0.4 is 5.32 Å². The summed E-state index contributed by atoms with van der Waals surface area (Å²) in [4.78, 5) is 12.9. The molecular formula is C10H11N3O2S3. The van der Waals surface area contributed by atoms with Crippen molar-refractivity contribution in [2.24, 2.45) is 0 Å².